The zero-order valence-electron chi connectivity index (χ0n) is 80.6. The van der Waals surface area contributed by atoms with Crippen molar-refractivity contribution in [2.45, 2.75) is 581 Å². The van der Waals surface area contributed by atoms with Gasteiger partial charge in [0.2, 0.25) is 0 Å². The summed E-state index contributed by atoms with van der Waals surface area (Å²) in [5.74, 6) is -5.49. The van der Waals surface area contributed by atoms with Gasteiger partial charge in [-0.3, -0.25) is 0 Å². The normalized spacial score (nSPS) is 11.2. The summed E-state index contributed by atoms with van der Waals surface area (Å²) in [5, 5.41) is 61.3. The van der Waals surface area contributed by atoms with Crippen molar-refractivity contribution in [1.29, 1.82) is 0 Å². The molecule has 0 aliphatic carbocycles. The number of carboxylic acid groups (broad SMARTS) is 6. The molecule has 0 N–H and O–H groups in total. The maximum Gasteiger partial charge on any atom is 0.0414 e. The van der Waals surface area contributed by atoms with E-state index in [-0.39, 0.29) is 59.6 Å². The predicted molar refractivity (Wildman–Crippen MR) is 507 cm³/mol. The maximum atomic E-state index is 10.2. The summed E-state index contributed by atoms with van der Waals surface area (Å²) < 4.78 is 0. The van der Waals surface area contributed by atoms with Gasteiger partial charge < -0.3 is 59.4 Å². The molecule has 0 amide bonds. The fraction of sp³-hybridized carbons (Fsp3) is 0.833. The Hall–Kier alpha value is -4.05. The van der Waals surface area contributed by atoms with Crippen molar-refractivity contribution >= 4 is 35.8 Å². The molecule has 0 saturated carbocycles. The van der Waals surface area contributed by atoms with Gasteiger partial charge in [-0.2, -0.15) is 0 Å². The third kappa shape index (κ3) is 157. The van der Waals surface area contributed by atoms with Crippen molar-refractivity contribution < 1.29 is 80.5 Å². The average molecular weight is 1780 g/mol. The molecule has 0 aliphatic rings. The first-order valence-corrected chi connectivity index (χ1v) is 51.7. The molecule has 714 valence electrons. The molecule has 0 aromatic rings. The molecular weight excluding hydrogens is 1590 g/mol. The molecule has 121 heavy (non-hydrogen) atoms. The number of rotatable bonds is 90. The first kappa shape index (κ1) is 130. The largest absolute Gasteiger partial charge is 0.550 e. The molecule has 0 atom stereocenters. The Morgan fingerprint density at radius 2 is 0.207 bits per heavy atom. The van der Waals surface area contributed by atoms with E-state index in [1.165, 1.54) is 385 Å². The number of carboxylic acids is 6. The van der Waals surface area contributed by atoms with Gasteiger partial charge in [0.05, 0.1) is 0 Å². The van der Waals surface area contributed by atoms with Gasteiger partial charge in [0.1, 0.15) is 0 Å². The third-order valence-corrected chi connectivity index (χ3v) is 21.9. The molecule has 13 heteroatoms. The summed E-state index contributed by atoms with van der Waals surface area (Å²) in [6, 6.07) is 0. The van der Waals surface area contributed by atoms with Crippen molar-refractivity contribution in [2.75, 3.05) is 0 Å². The fourth-order valence-corrected chi connectivity index (χ4v) is 14.0. The van der Waals surface area contributed by atoms with E-state index in [0.29, 0.717) is 0 Å². The van der Waals surface area contributed by atoms with Crippen LogP contribution in [-0.2, 0) is 49.8 Å². The molecule has 0 spiro atoms. The quantitative estimate of drug-likeness (QED) is 0.0314. The second kappa shape index (κ2) is 127. The number of aliphatic carboxylic acids is 6. The molecule has 0 aromatic carbocycles. The Kier molecular flexibility index (Phi) is 136. The molecule has 0 unspecified atom stereocenters. The van der Waals surface area contributed by atoms with Gasteiger partial charge in [0, 0.05) is 56.9 Å². The predicted octanol–water partition coefficient (Wildman–Crippen LogP) is 28.6. The van der Waals surface area contributed by atoms with Crippen LogP contribution in [0.3, 0.4) is 0 Å². The van der Waals surface area contributed by atoms with Crippen LogP contribution >= 0.6 is 0 Å². The van der Waals surface area contributed by atoms with Gasteiger partial charge in [0.15, 0.2) is 0 Å². The van der Waals surface area contributed by atoms with Gasteiger partial charge >= 0.3 is 0 Å². The summed E-state index contributed by atoms with van der Waals surface area (Å²) >= 11 is 0. The van der Waals surface area contributed by atoms with Crippen molar-refractivity contribution in [3.63, 3.8) is 0 Å². The smallest absolute Gasteiger partial charge is 0.0414 e. The molecule has 12 nitrogen and oxygen atoms in total. The second-order valence-corrected chi connectivity index (χ2v) is 34.2. The second-order valence-electron chi connectivity index (χ2n) is 34.2. The van der Waals surface area contributed by atoms with Crippen molar-refractivity contribution in [1.82, 2.24) is 0 Å². The van der Waals surface area contributed by atoms with Crippen LogP contribution in [0.2, 0.25) is 0 Å². The zero-order chi connectivity index (χ0) is 89.3. The molecule has 0 bridgehead atoms. The van der Waals surface area contributed by atoms with Gasteiger partial charge in [0.25, 0.3) is 0 Å². The van der Waals surface area contributed by atoms with Crippen LogP contribution in [0.15, 0.2) is 72.9 Å². The van der Waals surface area contributed by atoms with Crippen LogP contribution < -0.4 is 30.6 Å². The number of hydrogen-bond donors (Lipinski definition) is 0. The number of unbranched alkanes of at least 4 members (excludes halogenated alkanes) is 66. The van der Waals surface area contributed by atoms with Crippen molar-refractivity contribution in [3.8, 4) is 0 Å². The van der Waals surface area contributed by atoms with E-state index in [1.807, 2.05) is 0 Å². The minimum absolute atomic E-state index is 0. The monoisotopic (exact) mass is 1790 g/mol. The SMILES string of the molecule is CCCCCCCC/C=C\CCCCCCCC(=O)[O-].CCCCCCCC/C=C\CCCCCCCC(=O)[O-].CCCCCCCC/C=C\CCCCCCCC(=O)[O-].CCCCCCCC/C=C\CCCCCCCC(=O)[O-].CCCCCCCC/C=C\CCCCCCCC(=O)[O-].CCCCCCCC/C=C\CCCCCCCC(=O)[O-].[Mo]. The van der Waals surface area contributed by atoms with Crippen LogP contribution in [0.1, 0.15) is 581 Å². The minimum atomic E-state index is -0.914. The summed E-state index contributed by atoms with van der Waals surface area (Å²) in [6.07, 6.45) is 125. The van der Waals surface area contributed by atoms with E-state index in [2.05, 4.69) is 114 Å². The standard InChI is InChI=1S/6C18H34O2.Mo/c6*1-2-3-4-5-6-7-8-9-10-11-12-13-14-15-16-17-18(19)20;/h6*9-10H,2-8,11-17H2,1H3,(H,19,20);/p-6/b6*10-9-;. The summed E-state index contributed by atoms with van der Waals surface area (Å²) in [7, 11) is 0. The van der Waals surface area contributed by atoms with E-state index in [4.69, 9.17) is 0 Å². The summed E-state index contributed by atoms with van der Waals surface area (Å²) in [5.41, 5.74) is 0. The Labute approximate surface area is 765 Å². The first-order valence-electron chi connectivity index (χ1n) is 51.7. The first-order chi connectivity index (χ1) is 58.6. The Morgan fingerprint density at radius 3 is 0.289 bits per heavy atom. The minimum Gasteiger partial charge on any atom is -0.550 e. The van der Waals surface area contributed by atoms with Gasteiger partial charge in [-0.25, -0.2) is 0 Å². The zero-order valence-corrected chi connectivity index (χ0v) is 82.6. The molecule has 0 heterocycles. The van der Waals surface area contributed by atoms with Gasteiger partial charge in [-0.1, -0.05) is 423 Å². The Bertz CT molecular complexity index is 1800. The average Bonchev–Trinajstić information content (AvgIpc) is 1.37. The summed E-state index contributed by atoms with van der Waals surface area (Å²) in [6.45, 7) is 13.5. The third-order valence-electron chi connectivity index (χ3n) is 21.9. The van der Waals surface area contributed by atoms with Crippen LogP contribution in [0.25, 0.3) is 0 Å². The van der Waals surface area contributed by atoms with E-state index in [1.54, 1.807) is 0 Å². The maximum absolute atomic E-state index is 10.2. The number of hydrogen-bond acceptors (Lipinski definition) is 12. The van der Waals surface area contributed by atoms with E-state index < -0.39 is 35.8 Å². The van der Waals surface area contributed by atoms with Crippen LogP contribution in [0, 0.1) is 0 Å². The van der Waals surface area contributed by atoms with Crippen LogP contribution in [0.5, 0.6) is 0 Å². The number of carbonyl (C=O) groups excluding carboxylic acids is 6. The van der Waals surface area contributed by atoms with Crippen molar-refractivity contribution in [3.05, 3.63) is 72.9 Å². The fourth-order valence-electron chi connectivity index (χ4n) is 14.0. The van der Waals surface area contributed by atoms with E-state index in [9.17, 15) is 59.4 Å². The molecule has 0 rings (SSSR count). The van der Waals surface area contributed by atoms with Crippen molar-refractivity contribution in [2.24, 2.45) is 0 Å². The summed E-state index contributed by atoms with van der Waals surface area (Å²) in [4.78, 5) is 61.3. The van der Waals surface area contributed by atoms with Crippen LogP contribution in [-0.4, -0.2) is 35.8 Å². The molecule has 0 saturated heterocycles. The topological polar surface area (TPSA) is 241 Å². The Morgan fingerprint density at radius 1 is 0.132 bits per heavy atom. The molecule has 0 aliphatic heterocycles. The van der Waals surface area contributed by atoms with Gasteiger partial charge in [-0.05, 0) is 231 Å². The van der Waals surface area contributed by atoms with E-state index >= 15 is 0 Å². The molecule has 0 radical (unpaired) electrons. The molecule has 0 aromatic heterocycles. The van der Waals surface area contributed by atoms with Crippen LogP contribution in [0.4, 0.5) is 0 Å². The molecule has 0 fully saturated rings. The number of carbonyl (C=O) groups is 6. The van der Waals surface area contributed by atoms with Gasteiger partial charge in [-0.15, -0.1) is 0 Å². The van der Waals surface area contributed by atoms with E-state index in [0.717, 1.165) is 116 Å². The Balaban J connectivity index is -0.000000257. The number of allylic oxidation sites excluding steroid dienone is 12. The molecular formula is C108H198MoO12-6.